The summed E-state index contributed by atoms with van der Waals surface area (Å²) in [7, 11) is 0. The van der Waals surface area contributed by atoms with Crippen molar-refractivity contribution in [3.8, 4) is 0 Å². The first-order chi connectivity index (χ1) is 8.16. The highest BCUT2D eigenvalue weighted by molar-refractivity contribution is 5.74. The summed E-state index contributed by atoms with van der Waals surface area (Å²) in [5.74, 6) is 0.302. The van der Waals surface area contributed by atoms with Gasteiger partial charge in [-0.25, -0.2) is 4.79 Å². The molecule has 0 spiro atoms. The molecule has 3 atom stereocenters. The summed E-state index contributed by atoms with van der Waals surface area (Å²) in [5.41, 5.74) is 0. The number of amides is 2. The van der Waals surface area contributed by atoms with Crippen LogP contribution in [0.15, 0.2) is 12.2 Å². The van der Waals surface area contributed by atoms with Gasteiger partial charge in [0.15, 0.2) is 0 Å². The maximum atomic E-state index is 12.0. The number of nitrogens with zero attached hydrogens (tertiary/aromatic N) is 1. The molecule has 2 rings (SSSR count). The molecule has 1 saturated heterocycles. The smallest absolute Gasteiger partial charge is 0.317 e. The van der Waals surface area contributed by atoms with E-state index in [9.17, 15) is 9.90 Å². The van der Waals surface area contributed by atoms with E-state index >= 15 is 0 Å². The lowest BCUT2D eigenvalue weighted by Crippen LogP contribution is -2.51. The van der Waals surface area contributed by atoms with Gasteiger partial charge in [-0.05, 0) is 31.6 Å². The third kappa shape index (κ3) is 3.22. The Bertz CT molecular complexity index is 304. The van der Waals surface area contributed by atoms with Gasteiger partial charge < -0.3 is 15.3 Å². The fraction of sp³-hybridized carbons (Fsp3) is 0.769. The Balaban J connectivity index is 1.81. The predicted octanol–water partition coefficient (Wildman–Crippen LogP) is 1.51. The topological polar surface area (TPSA) is 52.6 Å². The van der Waals surface area contributed by atoms with Gasteiger partial charge in [-0.2, -0.15) is 0 Å². The molecule has 4 nitrogen and oxygen atoms in total. The van der Waals surface area contributed by atoms with Gasteiger partial charge in [0.1, 0.15) is 0 Å². The van der Waals surface area contributed by atoms with Crippen LogP contribution in [0, 0.1) is 5.92 Å². The molecule has 0 aromatic rings. The second-order valence-corrected chi connectivity index (χ2v) is 5.21. The number of allylic oxidation sites excluding steroid dienone is 1. The Morgan fingerprint density at radius 1 is 1.41 bits per heavy atom. The highest BCUT2D eigenvalue weighted by Gasteiger charge is 2.28. The fourth-order valence-corrected chi connectivity index (χ4v) is 2.42. The second kappa shape index (κ2) is 5.54. The zero-order valence-electron chi connectivity index (χ0n) is 10.4. The Hall–Kier alpha value is -1.03. The molecular formula is C13H22N2O2. The fourth-order valence-electron chi connectivity index (χ4n) is 2.42. The third-order valence-corrected chi connectivity index (χ3v) is 3.80. The molecule has 0 aromatic heterocycles. The molecule has 2 aliphatic rings. The third-order valence-electron chi connectivity index (χ3n) is 3.80. The lowest BCUT2D eigenvalue weighted by Gasteiger charge is -2.35. The molecule has 0 aromatic carbocycles. The van der Waals surface area contributed by atoms with Crippen LogP contribution in [-0.2, 0) is 0 Å². The molecule has 0 saturated carbocycles. The first-order valence-corrected chi connectivity index (χ1v) is 6.55. The monoisotopic (exact) mass is 238 g/mol. The summed E-state index contributed by atoms with van der Waals surface area (Å²) in [6.07, 6.45) is 7.80. The number of β-amino-alcohol motifs (C(OH)–C–C–N with tert-alkyl or cyclic N) is 1. The predicted molar refractivity (Wildman–Crippen MR) is 66.7 cm³/mol. The van der Waals surface area contributed by atoms with Crippen LogP contribution >= 0.6 is 0 Å². The summed E-state index contributed by atoms with van der Waals surface area (Å²) < 4.78 is 0. The molecular weight excluding hydrogens is 216 g/mol. The Kier molecular flexibility index (Phi) is 4.05. The summed E-state index contributed by atoms with van der Waals surface area (Å²) in [5, 5.41) is 12.8. The standard InChI is InChI=1S/C13H22N2O2/c1-10-7-8-15(9-12(10)16)13(17)14-11-5-3-2-4-6-11/h2-3,10-12,16H,4-9H2,1H3,(H,14,17). The van der Waals surface area contributed by atoms with Crippen LogP contribution in [0.3, 0.4) is 0 Å². The second-order valence-electron chi connectivity index (χ2n) is 5.21. The van der Waals surface area contributed by atoms with Gasteiger partial charge in [-0.15, -0.1) is 0 Å². The number of carbonyl (C=O) groups excluding carboxylic acids is 1. The van der Waals surface area contributed by atoms with E-state index in [1.54, 1.807) is 4.90 Å². The number of nitrogens with one attached hydrogen (secondary N) is 1. The number of aliphatic hydroxyl groups is 1. The maximum Gasteiger partial charge on any atom is 0.317 e. The highest BCUT2D eigenvalue weighted by Crippen LogP contribution is 2.17. The summed E-state index contributed by atoms with van der Waals surface area (Å²) >= 11 is 0. The molecule has 1 fully saturated rings. The Morgan fingerprint density at radius 2 is 2.24 bits per heavy atom. The van der Waals surface area contributed by atoms with E-state index in [1.165, 1.54) is 0 Å². The van der Waals surface area contributed by atoms with Gasteiger partial charge in [0.2, 0.25) is 0 Å². The molecule has 0 bridgehead atoms. The van der Waals surface area contributed by atoms with E-state index in [2.05, 4.69) is 17.5 Å². The van der Waals surface area contributed by atoms with Crippen LogP contribution in [0.2, 0.25) is 0 Å². The zero-order valence-corrected chi connectivity index (χ0v) is 10.4. The summed E-state index contributed by atoms with van der Waals surface area (Å²) in [6.45, 7) is 3.26. The molecule has 0 radical (unpaired) electrons. The van der Waals surface area contributed by atoms with E-state index in [4.69, 9.17) is 0 Å². The molecule has 4 heteroatoms. The maximum absolute atomic E-state index is 12.0. The summed E-state index contributed by atoms with van der Waals surface area (Å²) in [6, 6.07) is 0.250. The SMILES string of the molecule is CC1CCN(C(=O)NC2CC=CCC2)CC1O. The molecule has 1 heterocycles. The van der Waals surface area contributed by atoms with Gasteiger partial charge in [0.05, 0.1) is 6.10 Å². The number of rotatable bonds is 1. The number of carbonyl (C=O) groups is 1. The van der Waals surface area contributed by atoms with E-state index in [0.29, 0.717) is 12.5 Å². The van der Waals surface area contributed by atoms with E-state index in [1.807, 2.05) is 6.92 Å². The minimum Gasteiger partial charge on any atom is -0.391 e. The van der Waals surface area contributed by atoms with Crippen molar-refractivity contribution in [2.24, 2.45) is 5.92 Å². The average Bonchev–Trinajstić information content (AvgIpc) is 2.34. The van der Waals surface area contributed by atoms with E-state index < -0.39 is 0 Å². The number of likely N-dealkylation sites (tertiary alicyclic amines) is 1. The average molecular weight is 238 g/mol. The van der Waals surface area contributed by atoms with Crippen molar-refractivity contribution < 1.29 is 9.90 Å². The van der Waals surface area contributed by atoms with Gasteiger partial charge in [-0.1, -0.05) is 19.1 Å². The first kappa shape index (κ1) is 12.4. The van der Waals surface area contributed by atoms with Gasteiger partial charge in [0.25, 0.3) is 0 Å². The van der Waals surface area contributed by atoms with Crippen LogP contribution in [-0.4, -0.2) is 41.3 Å². The zero-order chi connectivity index (χ0) is 12.3. The molecule has 1 aliphatic carbocycles. The molecule has 17 heavy (non-hydrogen) atoms. The van der Waals surface area contributed by atoms with Crippen LogP contribution in [0.1, 0.15) is 32.6 Å². The first-order valence-electron chi connectivity index (χ1n) is 6.55. The van der Waals surface area contributed by atoms with Gasteiger partial charge in [-0.3, -0.25) is 0 Å². The highest BCUT2D eigenvalue weighted by atomic mass is 16.3. The summed E-state index contributed by atoms with van der Waals surface area (Å²) in [4.78, 5) is 13.7. The van der Waals surface area contributed by atoms with Gasteiger partial charge in [0, 0.05) is 19.1 Å². The molecule has 2 N–H and O–H groups in total. The minimum absolute atomic E-state index is 0.0174. The van der Waals surface area contributed by atoms with Crippen LogP contribution in [0.5, 0.6) is 0 Å². The Labute approximate surface area is 103 Å². The number of hydrogen-bond acceptors (Lipinski definition) is 2. The molecule has 1 aliphatic heterocycles. The van der Waals surface area contributed by atoms with Crippen LogP contribution in [0.4, 0.5) is 4.79 Å². The van der Waals surface area contributed by atoms with Crippen molar-refractivity contribution in [2.75, 3.05) is 13.1 Å². The number of piperidine rings is 1. The Morgan fingerprint density at radius 3 is 2.88 bits per heavy atom. The molecule has 96 valence electrons. The van der Waals surface area contributed by atoms with Crippen molar-refractivity contribution in [1.29, 1.82) is 0 Å². The largest absolute Gasteiger partial charge is 0.391 e. The molecule has 2 amide bonds. The van der Waals surface area contributed by atoms with Crippen molar-refractivity contribution in [2.45, 2.75) is 44.8 Å². The van der Waals surface area contributed by atoms with E-state index in [-0.39, 0.29) is 18.2 Å². The normalized spacial score (nSPS) is 33.5. The minimum atomic E-state index is -0.374. The number of aliphatic hydroxyl groups excluding tert-OH is 1. The van der Waals surface area contributed by atoms with Crippen molar-refractivity contribution in [3.05, 3.63) is 12.2 Å². The number of urea groups is 1. The lowest BCUT2D eigenvalue weighted by atomic mass is 9.96. The van der Waals surface area contributed by atoms with Crippen molar-refractivity contribution >= 4 is 6.03 Å². The van der Waals surface area contributed by atoms with Crippen LogP contribution in [0.25, 0.3) is 0 Å². The molecule has 3 unspecified atom stereocenters. The number of hydrogen-bond donors (Lipinski definition) is 2. The lowest BCUT2D eigenvalue weighted by molar-refractivity contribution is 0.0429. The quantitative estimate of drug-likeness (QED) is 0.680. The van der Waals surface area contributed by atoms with Gasteiger partial charge >= 0.3 is 6.03 Å². The van der Waals surface area contributed by atoms with E-state index in [0.717, 1.165) is 32.2 Å². The van der Waals surface area contributed by atoms with Crippen molar-refractivity contribution in [1.82, 2.24) is 10.2 Å². The van der Waals surface area contributed by atoms with Crippen LogP contribution < -0.4 is 5.32 Å². The van der Waals surface area contributed by atoms with Crippen molar-refractivity contribution in [3.63, 3.8) is 0 Å².